The summed E-state index contributed by atoms with van der Waals surface area (Å²) in [4.78, 5) is 44.1. The summed E-state index contributed by atoms with van der Waals surface area (Å²) in [7, 11) is 1.55. The number of methoxy groups -OCH3 is 1. The quantitative estimate of drug-likeness (QED) is 0.545. The van der Waals surface area contributed by atoms with Gasteiger partial charge < -0.3 is 20.4 Å². The summed E-state index contributed by atoms with van der Waals surface area (Å²) in [5.74, 6) is -0.162. The minimum absolute atomic E-state index is 0.111. The minimum atomic E-state index is -0.905. The average Bonchev–Trinajstić information content (AvgIpc) is 2.61. The Morgan fingerprint density at radius 2 is 2.08 bits per heavy atom. The molecule has 1 aromatic heterocycles. The first-order valence-corrected chi connectivity index (χ1v) is 9.02. The maximum atomic E-state index is 12.7. The number of aromatic amines is 1. The Bertz CT molecular complexity index is 895. The van der Waals surface area contributed by atoms with Gasteiger partial charge in [-0.25, -0.2) is 4.98 Å². The second-order valence-corrected chi connectivity index (χ2v) is 6.84. The van der Waals surface area contributed by atoms with Gasteiger partial charge in [0, 0.05) is 12.1 Å². The van der Waals surface area contributed by atoms with Crippen LogP contribution in [0.1, 0.15) is 24.8 Å². The number of amides is 2. The summed E-state index contributed by atoms with van der Waals surface area (Å²) in [6.45, 7) is 1.92. The highest BCUT2D eigenvalue weighted by Gasteiger charge is 2.34. The van der Waals surface area contributed by atoms with Crippen molar-refractivity contribution < 1.29 is 14.3 Å². The van der Waals surface area contributed by atoms with Crippen molar-refractivity contribution in [3.63, 3.8) is 0 Å². The molecule has 0 bridgehead atoms. The second-order valence-electron chi connectivity index (χ2n) is 5.59. The molecule has 8 nitrogen and oxygen atoms in total. The number of benzene rings is 1. The van der Waals surface area contributed by atoms with E-state index < -0.39 is 17.4 Å². The number of H-pyrrole nitrogens is 1. The lowest BCUT2D eigenvalue weighted by Gasteiger charge is -2.23. The summed E-state index contributed by atoms with van der Waals surface area (Å²) in [6.07, 6.45) is -0.111. The van der Waals surface area contributed by atoms with Gasteiger partial charge in [-0.3, -0.25) is 14.4 Å². The molecular weight excluding hydrogens is 356 g/mol. The third-order valence-corrected chi connectivity index (χ3v) is 4.64. The molecule has 0 unspecified atom stereocenters. The Kier molecular flexibility index (Phi) is 5.27. The third kappa shape index (κ3) is 3.72. The number of nitrogens with one attached hydrogen (secondary N) is 3. The second kappa shape index (κ2) is 7.61. The van der Waals surface area contributed by atoms with Crippen LogP contribution in [0, 0.1) is 0 Å². The Morgan fingerprint density at radius 1 is 1.35 bits per heavy atom. The number of ether oxygens (including phenoxy) is 1. The maximum absolute atomic E-state index is 12.7. The van der Waals surface area contributed by atoms with Crippen LogP contribution in [0.15, 0.2) is 34.2 Å². The van der Waals surface area contributed by atoms with Gasteiger partial charge in [-0.2, -0.15) is 0 Å². The number of fused-ring (bicyclic) bond motifs is 1. The largest absolute Gasteiger partial charge is 0.497 e. The van der Waals surface area contributed by atoms with E-state index in [2.05, 4.69) is 20.6 Å². The molecule has 26 heavy (non-hydrogen) atoms. The molecule has 1 aromatic carbocycles. The van der Waals surface area contributed by atoms with Crippen LogP contribution in [0.4, 0.5) is 11.5 Å². The molecule has 3 rings (SSSR count). The van der Waals surface area contributed by atoms with Crippen molar-refractivity contribution in [3.8, 4) is 5.75 Å². The lowest BCUT2D eigenvalue weighted by molar-refractivity contribution is -0.123. The first-order valence-electron chi connectivity index (χ1n) is 8.03. The Labute approximate surface area is 153 Å². The molecule has 2 aromatic rings. The van der Waals surface area contributed by atoms with Gasteiger partial charge in [0.2, 0.25) is 11.8 Å². The average molecular weight is 374 g/mol. The van der Waals surface area contributed by atoms with E-state index >= 15 is 0 Å². The van der Waals surface area contributed by atoms with Crippen LogP contribution in [-0.4, -0.2) is 34.6 Å². The van der Waals surface area contributed by atoms with Gasteiger partial charge in [0.1, 0.15) is 11.6 Å². The zero-order chi connectivity index (χ0) is 18.7. The number of aromatic nitrogens is 2. The van der Waals surface area contributed by atoms with Crippen LogP contribution in [0.3, 0.4) is 0 Å². The standard InChI is InChI=1S/C17H18N4O4S/c1-3-26-17-20-14-13(16(24)21-17)11(8-12(22)19-14)15(23)18-9-4-6-10(25-2)7-5-9/h4-7,11H,3,8H2,1-2H3,(H,18,23)(H2,19,20,21,22,24)/t11-/m1/s1. The summed E-state index contributed by atoms with van der Waals surface area (Å²) in [6, 6.07) is 6.79. The number of rotatable bonds is 5. The van der Waals surface area contributed by atoms with Crippen molar-refractivity contribution in [1.29, 1.82) is 0 Å². The molecule has 3 N–H and O–H groups in total. The molecule has 0 saturated heterocycles. The topological polar surface area (TPSA) is 113 Å². The van der Waals surface area contributed by atoms with Crippen molar-refractivity contribution >= 4 is 35.1 Å². The zero-order valence-corrected chi connectivity index (χ0v) is 15.1. The maximum Gasteiger partial charge on any atom is 0.257 e. The third-order valence-electron chi connectivity index (χ3n) is 3.88. The molecule has 0 aliphatic carbocycles. The monoisotopic (exact) mass is 374 g/mol. The van der Waals surface area contributed by atoms with E-state index in [0.717, 1.165) is 5.75 Å². The van der Waals surface area contributed by atoms with E-state index in [-0.39, 0.29) is 23.7 Å². The number of thioether (sulfide) groups is 1. The van der Waals surface area contributed by atoms with Crippen LogP contribution < -0.4 is 20.9 Å². The van der Waals surface area contributed by atoms with Crippen LogP contribution in [-0.2, 0) is 9.59 Å². The first-order chi connectivity index (χ1) is 12.5. The molecule has 0 radical (unpaired) electrons. The van der Waals surface area contributed by atoms with Gasteiger partial charge in [0.05, 0.1) is 18.6 Å². The van der Waals surface area contributed by atoms with Crippen molar-refractivity contribution in [1.82, 2.24) is 9.97 Å². The van der Waals surface area contributed by atoms with Crippen LogP contribution in [0.25, 0.3) is 0 Å². The molecule has 0 saturated carbocycles. The fourth-order valence-corrected chi connectivity index (χ4v) is 3.28. The molecule has 0 spiro atoms. The summed E-state index contributed by atoms with van der Waals surface area (Å²) in [5, 5.41) is 5.72. The van der Waals surface area contributed by atoms with E-state index in [4.69, 9.17) is 4.74 Å². The Balaban J connectivity index is 1.89. The molecule has 1 atom stereocenters. The smallest absolute Gasteiger partial charge is 0.257 e. The van der Waals surface area contributed by atoms with E-state index in [9.17, 15) is 14.4 Å². The van der Waals surface area contributed by atoms with Crippen molar-refractivity contribution in [2.24, 2.45) is 0 Å². The highest BCUT2D eigenvalue weighted by atomic mass is 32.2. The van der Waals surface area contributed by atoms with Crippen molar-refractivity contribution in [2.45, 2.75) is 24.4 Å². The fourth-order valence-electron chi connectivity index (χ4n) is 2.68. The van der Waals surface area contributed by atoms with Gasteiger partial charge in [-0.15, -0.1) is 0 Å². The minimum Gasteiger partial charge on any atom is -0.497 e. The number of carbonyl (C=O) groups excluding carboxylic acids is 2. The highest BCUT2D eigenvalue weighted by molar-refractivity contribution is 7.99. The fraction of sp³-hybridized carbons (Fsp3) is 0.294. The molecule has 0 fully saturated rings. The predicted octanol–water partition coefficient (Wildman–Crippen LogP) is 1.95. The molecule has 9 heteroatoms. The summed E-state index contributed by atoms with van der Waals surface area (Å²) in [5.41, 5.74) is 0.308. The molecule has 1 aliphatic rings. The zero-order valence-electron chi connectivity index (χ0n) is 14.3. The summed E-state index contributed by atoms with van der Waals surface area (Å²) < 4.78 is 5.08. The van der Waals surface area contributed by atoms with Gasteiger partial charge >= 0.3 is 0 Å². The molecular formula is C17H18N4O4S. The van der Waals surface area contributed by atoms with Crippen LogP contribution >= 0.6 is 11.8 Å². The summed E-state index contributed by atoms with van der Waals surface area (Å²) >= 11 is 1.35. The molecule has 2 amide bonds. The van der Waals surface area contributed by atoms with E-state index in [1.807, 2.05) is 6.92 Å². The lowest BCUT2D eigenvalue weighted by atomic mass is 9.92. The Morgan fingerprint density at radius 3 is 2.73 bits per heavy atom. The number of anilines is 2. The van der Waals surface area contributed by atoms with Gasteiger partial charge in [0.15, 0.2) is 5.16 Å². The van der Waals surface area contributed by atoms with Crippen molar-refractivity contribution in [2.75, 3.05) is 23.5 Å². The SMILES string of the molecule is CCSc1nc2c(c(=O)[nH]1)[C@H](C(=O)Nc1ccc(OC)cc1)CC(=O)N2. The number of hydrogen-bond donors (Lipinski definition) is 3. The van der Waals surface area contributed by atoms with Crippen LogP contribution in [0.5, 0.6) is 5.75 Å². The normalized spacial score (nSPS) is 15.8. The highest BCUT2D eigenvalue weighted by Crippen LogP contribution is 2.30. The number of carbonyl (C=O) groups is 2. The first kappa shape index (κ1) is 18.0. The molecule has 136 valence electrons. The number of hydrogen-bond acceptors (Lipinski definition) is 6. The number of nitrogens with zero attached hydrogens (tertiary/aromatic N) is 1. The molecule has 2 heterocycles. The van der Waals surface area contributed by atoms with Crippen LogP contribution in [0.2, 0.25) is 0 Å². The lowest BCUT2D eigenvalue weighted by Crippen LogP contribution is -2.36. The van der Waals surface area contributed by atoms with E-state index in [1.165, 1.54) is 11.8 Å². The van der Waals surface area contributed by atoms with Crippen molar-refractivity contribution in [3.05, 3.63) is 40.2 Å². The van der Waals surface area contributed by atoms with Gasteiger partial charge in [-0.1, -0.05) is 18.7 Å². The molecule has 1 aliphatic heterocycles. The van der Waals surface area contributed by atoms with Gasteiger partial charge in [-0.05, 0) is 30.0 Å². The van der Waals surface area contributed by atoms with E-state index in [1.54, 1.807) is 31.4 Å². The Hall–Kier alpha value is -2.81. The van der Waals surface area contributed by atoms with Gasteiger partial charge in [0.25, 0.3) is 5.56 Å². The van der Waals surface area contributed by atoms with E-state index in [0.29, 0.717) is 16.6 Å². The predicted molar refractivity (Wildman–Crippen MR) is 98.9 cm³/mol.